The Morgan fingerprint density at radius 2 is 2.38 bits per heavy atom. The van der Waals surface area contributed by atoms with Crippen molar-refractivity contribution in [3.63, 3.8) is 0 Å². The molecular weight excluding hydrogens is 204 g/mol. The first-order valence-corrected chi connectivity index (χ1v) is 5.90. The zero-order valence-corrected chi connectivity index (χ0v) is 9.55. The Hall–Kier alpha value is -1.07. The molecule has 1 aliphatic rings. The molecule has 0 spiro atoms. The molecule has 3 N–H and O–H groups in total. The second-order valence-corrected chi connectivity index (χ2v) is 4.50. The first kappa shape index (κ1) is 11.4. The summed E-state index contributed by atoms with van der Waals surface area (Å²) in [4.78, 5) is 2.39. The quantitative estimate of drug-likeness (QED) is 0.765. The maximum Gasteiger partial charge on any atom is 0.145 e. The van der Waals surface area contributed by atoms with Crippen molar-refractivity contribution in [3.8, 4) is 0 Å². The number of aromatic nitrogens is 2. The fourth-order valence-electron chi connectivity index (χ4n) is 2.25. The van der Waals surface area contributed by atoms with E-state index in [1.807, 2.05) is 16.9 Å². The number of nitrogen functional groups attached to an aromatic ring is 1. The Kier molecular flexibility index (Phi) is 3.79. The Balaban J connectivity index is 1.77. The third-order valence-corrected chi connectivity index (χ3v) is 3.17. The van der Waals surface area contributed by atoms with Gasteiger partial charge in [0.15, 0.2) is 0 Å². The summed E-state index contributed by atoms with van der Waals surface area (Å²) in [6.07, 6.45) is 4.25. The van der Waals surface area contributed by atoms with Gasteiger partial charge in [-0.05, 0) is 31.4 Å². The van der Waals surface area contributed by atoms with Crippen LogP contribution < -0.4 is 5.73 Å². The van der Waals surface area contributed by atoms with E-state index in [0.717, 1.165) is 32.6 Å². The lowest BCUT2D eigenvalue weighted by Crippen LogP contribution is -2.38. The molecular formula is C11H20N4O. The lowest BCUT2D eigenvalue weighted by molar-refractivity contribution is 0.117. The van der Waals surface area contributed by atoms with E-state index in [1.165, 1.54) is 6.42 Å². The van der Waals surface area contributed by atoms with Gasteiger partial charge in [0.05, 0.1) is 6.54 Å². The number of aliphatic hydroxyl groups is 1. The number of piperidine rings is 1. The molecule has 5 heteroatoms. The van der Waals surface area contributed by atoms with Gasteiger partial charge in [0.2, 0.25) is 0 Å². The molecule has 0 aliphatic carbocycles. The van der Waals surface area contributed by atoms with Gasteiger partial charge in [-0.3, -0.25) is 4.68 Å². The predicted molar refractivity (Wildman–Crippen MR) is 62.9 cm³/mol. The second-order valence-electron chi connectivity index (χ2n) is 4.50. The predicted octanol–water partition coefficient (Wildman–Crippen LogP) is 0.170. The van der Waals surface area contributed by atoms with Gasteiger partial charge >= 0.3 is 0 Å². The van der Waals surface area contributed by atoms with Crippen LogP contribution in [0.5, 0.6) is 0 Å². The third kappa shape index (κ3) is 2.96. The molecule has 0 aromatic carbocycles. The molecule has 1 fully saturated rings. The van der Waals surface area contributed by atoms with Crippen molar-refractivity contribution in [2.45, 2.75) is 19.4 Å². The van der Waals surface area contributed by atoms with Gasteiger partial charge in [-0.15, -0.1) is 0 Å². The highest BCUT2D eigenvalue weighted by molar-refractivity contribution is 5.23. The van der Waals surface area contributed by atoms with E-state index in [1.54, 1.807) is 0 Å². The van der Waals surface area contributed by atoms with E-state index < -0.39 is 0 Å². The fraction of sp³-hybridized carbons (Fsp3) is 0.727. The molecule has 0 bridgehead atoms. The van der Waals surface area contributed by atoms with E-state index in [0.29, 0.717) is 18.3 Å². The van der Waals surface area contributed by atoms with Crippen molar-refractivity contribution >= 4 is 5.82 Å². The summed E-state index contributed by atoms with van der Waals surface area (Å²) in [5, 5.41) is 13.3. The van der Waals surface area contributed by atoms with Crippen LogP contribution in [0.15, 0.2) is 12.3 Å². The molecule has 2 rings (SSSR count). The molecule has 0 amide bonds. The Morgan fingerprint density at radius 3 is 3.06 bits per heavy atom. The van der Waals surface area contributed by atoms with E-state index in [4.69, 9.17) is 10.8 Å². The summed E-state index contributed by atoms with van der Waals surface area (Å²) in [5.41, 5.74) is 5.55. The minimum atomic E-state index is 0.311. The van der Waals surface area contributed by atoms with E-state index in [9.17, 15) is 0 Å². The van der Waals surface area contributed by atoms with Gasteiger partial charge < -0.3 is 15.7 Å². The van der Waals surface area contributed by atoms with E-state index >= 15 is 0 Å². The van der Waals surface area contributed by atoms with Gasteiger partial charge in [0.1, 0.15) is 5.82 Å². The minimum absolute atomic E-state index is 0.311. The molecule has 1 saturated heterocycles. The molecule has 5 nitrogen and oxygen atoms in total. The van der Waals surface area contributed by atoms with Crippen molar-refractivity contribution in [1.82, 2.24) is 14.7 Å². The summed E-state index contributed by atoms with van der Waals surface area (Å²) in [7, 11) is 0. The molecule has 0 radical (unpaired) electrons. The number of likely N-dealkylation sites (tertiary alicyclic amines) is 1. The zero-order chi connectivity index (χ0) is 11.4. The number of anilines is 1. The first-order chi connectivity index (χ1) is 7.78. The summed E-state index contributed by atoms with van der Waals surface area (Å²) < 4.78 is 1.87. The number of hydrogen-bond acceptors (Lipinski definition) is 4. The van der Waals surface area contributed by atoms with Crippen LogP contribution in [0.4, 0.5) is 5.82 Å². The molecule has 2 heterocycles. The average molecular weight is 224 g/mol. The largest absolute Gasteiger partial charge is 0.396 e. The summed E-state index contributed by atoms with van der Waals surface area (Å²) in [6.45, 7) is 4.30. The lowest BCUT2D eigenvalue weighted by atomic mass is 9.99. The Morgan fingerprint density at radius 1 is 1.50 bits per heavy atom. The van der Waals surface area contributed by atoms with Crippen LogP contribution in [-0.4, -0.2) is 46.0 Å². The van der Waals surface area contributed by atoms with Crippen LogP contribution in [0.2, 0.25) is 0 Å². The van der Waals surface area contributed by atoms with Crippen LogP contribution >= 0.6 is 0 Å². The number of aliphatic hydroxyl groups excluding tert-OH is 1. The number of hydrogen-bond donors (Lipinski definition) is 2. The van der Waals surface area contributed by atoms with Gasteiger partial charge in [0.25, 0.3) is 0 Å². The van der Waals surface area contributed by atoms with Crippen LogP contribution in [-0.2, 0) is 6.54 Å². The van der Waals surface area contributed by atoms with Crippen LogP contribution in [0.25, 0.3) is 0 Å². The van der Waals surface area contributed by atoms with E-state index in [-0.39, 0.29) is 0 Å². The molecule has 90 valence electrons. The van der Waals surface area contributed by atoms with Crippen LogP contribution in [0, 0.1) is 5.92 Å². The highest BCUT2D eigenvalue weighted by Gasteiger charge is 2.18. The van der Waals surface area contributed by atoms with E-state index in [2.05, 4.69) is 10.00 Å². The highest BCUT2D eigenvalue weighted by atomic mass is 16.3. The highest BCUT2D eigenvalue weighted by Crippen LogP contribution is 2.15. The SMILES string of the molecule is Nc1ccn(CCN2CCCC(CO)C2)n1. The average Bonchev–Trinajstić information content (AvgIpc) is 2.73. The first-order valence-electron chi connectivity index (χ1n) is 5.90. The lowest BCUT2D eigenvalue weighted by Gasteiger charge is -2.31. The third-order valence-electron chi connectivity index (χ3n) is 3.17. The number of nitrogens with two attached hydrogens (primary N) is 1. The summed E-state index contributed by atoms with van der Waals surface area (Å²) in [5.74, 6) is 1.03. The molecule has 1 aromatic rings. The maximum absolute atomic E-state index is 9.14. The van der Waals surface area contributed by atoms with Crippen LogP contribution in [0.3, 0.4) is 0 Å². The molecule has 0 saturated carbocycles. The van der Waals surface area contributed by atoms with Gasteiger partial charge in [-0.25, -0.2) is 0 Å². The topological polar surface area (TPSA) is 67.3 Å². The van der Waals surface area contributed by atoms with Crippen LogP contribution in [0.1, 0.15) is 12.8 Å². The van der Waals surface area contributed by atoms with Crippen molar-refractivity contribution in [1.29, 1.82) is 0 Å². The molecule has 1 atom stereocenters. The maximum atomic E-state index is 9.14. The minimum Gasteiger partial charge on any atom is -0.396 e. The molecule has 1 aromatic heterocycles. The monoisotopic (exact) mass is 224 g/mol. The normalized spacial score (nSPS) is 22.4. The van der Waals surface area contributed by atoms with Crippen molar-refractivity contribution in [2.24, 2.45) is 5.92 Å². The summed E-state index contributed by atoms with van der Waals surface area (Å²) in [6, 6.07) is 1.81. The Bertz CT molecular complexity index is 326. The van der Waals surface area contributed by atoms with Gasteiger partial charge in [-0.2, -0.15) is 5.10 Å². The van der Waals surface area contributed by atoms with Crippen molar-refractivity contribution in [3.05, 3.63) is 12.3 Å². The number of rotatable bonds is 4. The Labute approximate surface area is 95.8 Å². The smallest absolute Gasteiger partial charge is 0.145 e. The summed E-state index contributed by atoms with van der Waals surface area (Å²) >= 11 is 0. The van der Waals surface area contributed by atoms with Crippen molar-refractivity contribution < 1.29 is 5.11 Å². The molecule has 1 aliphatic heterocycles. The number of nitrogens with zero attached hydrogens (tertiary/aromatic N) is 3. The molecule has 1 unspecified atom stereocenters. The molecule has 16 heavy (non-hydrogen) atoms. The van der Waals surface area contributed by atoms with Crippen molar-refractivity contribution in [2.75, 3.05) is 32.0 Å². The zero-order valence-electron chi connectivity index (χ0n) is 9.55. The van der Waals surface area contributed by atoms with Gasteiger partial charge in [-0.1, -0.05) is 0 Å². The second kappa shape index (κ2) is 5.32. The standard InChI is InChI=1S/C11H20N4O/c12-11-3-5-15(13-11)7-6-14-4-1-2-10(8-14)9-16/h3,5,10,16H,1-2,4,6-9H2,(H2,12,13). The fourth-order valence-corrected chi connectivity index (χ4v) is 2.25. The van der Waals surface area contributed by atoms with Gasteiger partial charge in [0, 0.05) is 25.9 Å².